The molecule has 6 heteroatoms. The van der Waals surface area contributed by atoms with E-state index in [9.17, 15) is 4.79 Å². The normalized spacial score (nSPS) is 12.0. The van der Waals surface area contributed by atoms with E-state index >= 15 is 0 Å². The van der Waals surface area contributed by atoms with Gasteiger partial charge >= 0.3 is 0 Å². The highest BCUT2D eigenvalue weighted by Crippen LogP contribution is 2.17. The summed E-state index contributed by atoms with van der Waals surface area (Å²) in [5.74, 6) is 0.922. The Morgan fingerprint density at radius 2 is 1.96 bits per heavy atom. The van der Waals surface area contributed by atoms with Crippen molar-refractivity contribution in [1.29, 1.82) is 0 Å². The number of benzene rings is 2. The van der Waals surface area contributed by atoms with Crippen LogP contribution in [0, 0.1) is 0 Å². The molecule has 0 spiro atoms. The van der Waals surface area contributed by atoms with Gasteiger partial charge in [-0.05, 0) is 50.2 Å². The Labute approximate surface area is 146 Å². The zero-order chi connectivity index (χ0) is 17.4. The van der Waals surface area contributed by atoms with E-state index in [4.69, 9.17) is 21.1 Å². The van der Waals surface area contributed by atoms with Gasteiger partial charge in [0, 0.05) is 10.6 Å². The fraction of sp³-hybridized carbons (Fsp3) is 0.222. The van der Waals surface area contributed by atoms with Crippen molar-refractivity contribution in [3.8, 4) is 11.5 Å². The maximum absolute atomic E-state index is 12.0. The van der Waals surface area contributed by atoms with Crippen LogP contribution in [0.25, 0.3) is 0 Å². The van der Waals surface area contributed by atoms with Crippen molar-refractivity contribution < 1.29 is 14.3 Å². The number of halogens is 1. The summed E-state index contributed by atoms with van der Waals surface area (Å²) in [6.45, 7) is 4.11. The quantitative estimate of drug-likeness (QED) is 0.615. The van der Waals surface area contributed by atoms with Gasteiger partial charge < -0.3 is 9.47 Å². The van der Waals surface area contributed by atoms with E-state index in [0.29, 0.717) is 23.1 Å². The van der Waals surface area contributed by atoms with Crippen molar-refractivity contribution in [2.45, 2.75) is 20.0 Å². The minimum atomic E-state index is -0.689. The number of hydrogen-bond acceptors (Lipinski definition) is 4. The first-order valence-electron chi connectivity index (χ1n) is 7.57. The smallest absolute Gasteiger partial charge is 0.280 e. The molecule has 2 rings (SSSR count). The maximum atomic E-state index is 12.0. The minimum Gasteiger partial charge on any atom is -0.493 e. The summed E-state index contributed by atoms with van der Waals surface area (Å²) in [4.78, 5) is 12.0. The van der Waals surface area contributed by atoms with Crippen LogP contribution in [0.1, 0.15) is 19.4 Å². The largest absolute Gasteiger partial charge is 0.493 e. The van der Waals surface area contributed by atoms with E-state index in [1.165, 1.54) is 6.21 Å². The van der Waals surface area contributed by atoms with Gasteiger partial charge in [-0.1, -0.05) is 23.7 Å². The average molecular weight is 347 g/mol. The van der Waals surface area contributed by atoms with E-state index in [2.05, 4.69) is 10.5 Å². The van der Waals surface area contributed by atoms with E-state index in [-0.39, 0.29) is 5.91 Å². The molecule has 1 N–H and O–H groups in total. The van der Waals surface area contributed by atoms with Crippen molar-refractivity contribution in [2.24, 2.45) is 5.10 Å². The zero-order valence-corrected chi connectivity index (χ0v) is 14.3. The van der Waals surface area contributed by atoms with Crippen LogP contribution in [0.5, 0.6) is 11.5 Å². The molecule has 5 nitrogen and oxygen atoms in total. The van der Waals surface area contributed by atoms with Gasteiger partial charge in [0.25, 0.3) is 5.91 Å². The summed E-state index contributed by atoms with van der Waals surface area (Å²) in [5.41, 5.74) is 3.24. The second-order valence-corrected chi connectivity index (χ2v) is 5.36. The number of para-hydroxylation sites is 1. The lowest BCUT2D eigenvalue weighted by atomic mass is 10.2. The molecule has 126 valence electrons. The molecule has 0 saturated heterocycles. The van der Waals surface area contributed by atoms with Crippen LogP contribution in [-0.2, 0) is 4.79 Å². The monoisotopic (exact) mass is 346 g/mol. The molecule has 0 aromatic heterocycles. The lowest BCUT2D eigenvalue weighted by Crippen LogP contribution is -2.33. The van der Waals surface area contributed by atoms with Crippen LogP contribution in [0.15, 0.2) is 53.6 Å². The average Bonchev–Trinajstić information content (AvgIpc) is 2.58. The second kappa shape index (κ2) is 8.93. The number of ether oxygens (including phenoxy) is 2. The standard InChI is InChI=1S/C18H19ClN2O3/c1-3-23-17-7-5-4-6-14(17)12-20-21-18(22)13(2)24-16-10-8-15(19)9-11-16/h4-13H,3H2,1-2H3,(H,21,22)/t13-/m1/s1. The molecule has 0 aliphatic heterocycles. The minimum absolute atomic E-state index is 0.352. The number of carbonyl (C=O) groups is 1. The Bertz CT molecular complexity index is 702. The van der Waals surface area contributed by atoms with Crippen molar-refractivity contribution in [1.82, 2.24) is 5.43 Å². The summed E-state index contributed by atoms with van der Waals surface area (Å²) in [6.07, 6.45) is 0.850. The number of amides is 1. The summed E-state index contributed by atoms with van der Waals surface area (Å²) >= 11 is 5.81. The molecule has 1 atom stereocenters. The summed E-state index contributed by atoms with van der Waals surface area (Å²) in [5, 5.41) is 4.56. The summed E-state index contributed by atoms with van der Waals surface area (Å²) in [6, 6.07) is 14.3. The first kappa shape index (κ1) is 17.8. The fourth-order valence-electron chi connectivity index (χ4n) is 1.90. The molecule has 0 unspecified atom stereocenters. The van der Waals surface area contributed by atoms with Crippen molar-refractivity contribution in [3.05, 3.63) is 59.1 Å². The SMILES string of the molecule is CCOc1ccccc1C=NNC(=O)[C@@H](C)Oc1ccc(Cl)cc1. The molecule has 2 aromatic carbocycles. The number of nitrogens with one attached hydrogen (secondary N) is 1. The van der Waals surface area contributed by atoms with Crippen molar-refractivity contribution in [2.75, 3.05) is 6.61 Å². The van der Waals surface area contributed by atoms with E-state index in [1.807, 2.05) is 31.2 Å². The number of hydrazone groups is 1. The third kappa shape index (κ3) is 5.28. The number of nitrogens with zero attached hydrogens (tertiary/aromatic N) is 1. The van der Waals surface area contributed by atoms with Crippen LogP contribution >= 0.6 is 11.6 Å². The molecule has 0 heterocycles. The van der Waals surface area contributed by atoms with Gasteiger partial charge in [-0.15, -0.1) is 0 Å². The molecule has 24 heavy (non-hydrogen) atoms. The summed E-state index contributed by atoms with van der Waals surface area (Å²) in [7, 11) is 0. The van der Waals surface area contributed by atoms with Crippen LogP contribution in [0.3, 0.4) is 0 Å². The van der Waals surface area contributed by atoms with Crippen LogP contribution in [-0.4, -0.2) is 24.8 Å². The molecule has 0 bridgehead atoms. The predicted molar refractivity (Wildman–Crippen MR) is 94.9 cm³/mol. The van der Waals surface area contributed by atoms with Crippen molar-refractivity contribution in [3.63, 3.8) is 0 Å². The first-order chi connectivity index (χ1) is 11.6. The third-order valence-corrected chi connectivity index (χ3v) is 3.34. The van der Waals surface area contributed by atoms with E-state index in [1.54, 1.807) is 31.2 Å². The Hall–Kier alpha value is -2.53. The van der Waals surface area contributed by atoms with Gasteiger partial charge in [0.1, 0.15) is 11.5 Å². The predicted octanol–water partition coefficient (Wildman–Crippen LogP) is 3.66. The Kier molecular flexibility index (Phi) is 6.63. The van der Waals surface area contributed by atoms with Crippen LogP contribution in [0.4, 0.5) is 0 Å². The van der Waals surface area contributed by atoms with Gasteiger partial charge in [0.05, 0.1) is 12.8 Å². The Morgan fingerprint density at radius 1 is 1.25 bits per heavy atom. The van der Waals surface area contributed by atoms with Crippen LogP contribution in [0.2, 0.25) is 5.02 Å². The Morgan fingerprint density at radius 3 is 2.67 bits per heavy atom. The molecule has 0 aliphatic carbocycles. The molecule has 0 radical (unpaired) electrons. The van der Waals surface area contributed by atoms with Gasteiger partial charge in [-0.25, -0.2) is 5.43 Å². The van der Waals surface area contributed by atoms with Crippen LogP contribution < -0.4 is 14.9 Å². The highest BCUT2D eigenvalue weighted by atomic mass is 35.5. The third-order valence-electron chi connectivity index (χ3n) is 3.09. The van der Waals surface area contributed by atoms with E-state index < -0.39 is 6.10 Å². The topological polar surface area (TPSA) is 59.9 Å². The lowest BCUT2D eigenvalue weighted by molar-refractivity contribution is -0.127. The maximum Gasteiger partial charge on any atom is 0.280 e. The zero-order valence-electron chi connectivity index (χ0n) is 13.5. The fourth-order valence-corrected chi connectivity index (χ4v) is 2.03. The van der Waals surface area contributed by atoms with Gasteiger partial charge in [-0.3, -0.25) is 4.79 Å². The highest BCUT2D eigenvalue weighted by molar-refractivity contribution is 6.30. The molecule has 1 amide bonds. The Balaban J connectivity index is 1.91. The highest BCUT2D eigenvalue weighted by Gasteiger charge is 2.13. The van der Waals surface area contributed by atoms with Gasteiger partial charge in [0.2, 0.25) is 0 Å². The summed E-state index contributed by atoms with van der Waals surface area (Å²) < 4.78 is 11.0. The van der Waals surface area contributed by atoms with Gasteiger partial charge in [0.15, 0.2) is 6.10 Å². The molecular formula is C18H19ClN2O3. The molecule has 2 aromatic rings. The van der Waals surface area contributed by atoms with Crippen molar-refractivity contribution >= 4 is 23.7 Å². The van der Waals surface area contributed by atoms with Gasteiger partial charge in [-0.2, -0.15) is 5.10 Å². The lowest BCUT2D eigenvalue weighted by Gasteiger charge is -2.12. The molecule has 0 saturated carbocycles. The number of rotatable bonds is 7. The number of hydrogen-bond donors (Lipinski definition) is 1. The number of carbonyl (C=O) groups excluding carboxylic acids is 1. The molecule has 0 aliphatic rings. The first-order valence-corrected chi connectivity index (χ1v) is 7.95. The molecule has 0 fully saturated rings. The second-order valence-electron chi connectivity index (χ2n) is 4.92. The van der Waals surface area contributed by atoms with E-state index in [0.717, 1.165) is 5.56 Å². The molecular weight excluding hydrogens is 328 g/mol.